The number of anilines is 1. The van der Waals surface area contributed by atoms with Crippen molar-refractivity contribution in [2.24, 2.45) is 0 Å². The van der Waals surface area contributed by atoms with Gasteiger partial charge in [0.15, 0.2) is 0 Å². The molecule has 0 bridgehead atoms. The molecule has 0 aliphatic rings. The number of aliphatic hydroxyl groups is 1. The standard InChI is InChI=1S/C16H25N3O/c1-4-8-18-12-14-5-6-16(15(10-14)11-17)19(3)9-7-13(2)20/h5-6,10,13,18,20H,4,7-9,12H2,1-3H3. The molecule has 1 rings (SSSR count). The van der Waals surface area contributed by atoms with Crippen LogP contribution in [-0.2, 0) is 6.54 Å². The Morgan fingerprint density at radius 1 is 1.45 bits per heavy atom. The summed E-state index contributed by atoms with van der Waals surface area (Å²) in [7, 11) is 1.95. The molecule has 0 fully saturated rings. The zero-order valence-corrected chi connectivity index (χ0v) is 12.7. The number of hydrogen-bond acceptors (Lipinski definition) is 4. The zero-order chi connectivity index (χ0) is 15.0. The van der Waals surface area contributed by atoms with E-state index < -0.39 is 0 Å². The van der Waals surface area contributed by atoms with Crippen LogP contribution in [-0.4, -0.2) is 31.3 Å². The van der Waals surface area contributed by atoms with Gasteiger partial charge in [0.2, 0.25) is 0 Å². The number of nitriles is 1. The Hall–Kier alpha value is -1.57. The minimum Gasteiger partial charge on any atom is -0.393 e. The minimum atomic E-state index is -0.319. The van der Waals surface area contributed by atoms with E-state index in [4.69, 9.17) is 0 Å². The van der Waals surface area contributed by atoms with Gasteiger partial charge in [0.05, 0.1) is 17.4 Å². The lowest BCUT2D eigenvalue weighted by Gasteiger charge is -2.21. The Kier molecular flexibility index (Phi) is 7.06. The highest BCUT2D eigenvalue weighted by atomic mass is 16.3. The van der Waals surface area contributed by atoms with Crippen LogP contribution in [0.2, 0.25) is 0 Å². The van der Waals surface area contributed by atoms with Crippen molar-refractivity contribution in [3.63, 3.8) is 0 Å². The molecular weight excluding hydrogens is 250 g/mol. The minimum absolute atomic E-state index is 0.319. The molecule has 0 saturated heterocycles. The molecule has 0 heterocycles. The van der Waals surface area contributed by atoms with Crippen molar-refractivity contribution in [2.45, 2.75) is 39.3 Å². The summed E-state index contributed by atoms with van der Waals surface area (Å²) in [6.07, 6.45) is 1.48. The van der Waals surface area contributed by atoms with Crippen LogP contribution in [0, 0.1) is 11.3 Å². The summed E-state index contributed by atoms with van der Waals surface area (Å²) >= 11 is 0. The summed E-state index contributed by atoms with van der Waals surface area (Å²) in [6.45, 7) is 6.42. The highest BCUT2D eigenvalue weighted by molar-refractivity contribution is 5.60. The lowest BCUT2D eigenvalue weighted by atomic mass is 10.1. The van der Waals surface area contributed by atoms with Crippen LogP contribution in [0.1, 0.15) is 37.8 Å². The molecule has 0 amide bonds. The summed E-state index contributed by atoms with van der Waals surface area (Å²) in [5.74, 6) is 0. The van der Waals surface area contributed by atoms with Crippen molar-refractivity contribution in [2.75, 3.05) is 25.0 Å². The van der Waals surface area contributed by atoms with Gasteiger partial charge in [-0.2, -0.15) is 5.26 Å². The first kappa shape index (κ1) is 16.5. The Labute approximate surface area is 122 Å². The average molecular weight is 275 g/mol. The molecule has 1 unspecified atom stereocenters. The van der Waals surface area contributed by atoms with Crippen molar-refractivity contribution < 1.29 is 5.11 Å². The molecule has 0 saturated carbocycles. The second-order valence-corrected chi connectivity index (χ2v) is 5.20. The first-order chi connectivity index (χ1) is 9.58. The lowest BCUT2D eigenvalue weighted by molar-refractivity contribution is 0.187. The molecule has 1 aromatic carbocycles. The Morgan fingerprint density at radius 3 is 2.80 bits per heavy atom. The van der Waals surface area contributed by atoms with Gasteiger partial charge in [0.1, 0.15) is 6.07 Å². The predicted octanol–water partition coefficient (Wildman–Crippen LogP) is 2.26. The van der Waals surface area contributed by atoms with Crippen LogP contribution in [0.5, 0.6) is 0 Å². The Balaban J connectivity index is 2.75. The molecule has 0 spiro atoms. The third-order valence-corrected chi connectivity index (χ3v) is 3.23. The summed E-state index contributed by atoms with van der Waals surface area (Å²) in [5.41, 5.74) is 2.74. The normalized spacial score (nSPS) is 11.9. The van der Waals surface area contributed by atoms with Crippen molar-refractivity contribution >= 4 is 5.69 Å². The van der Waals surface area contributed by atoms with Crippen LogP contribution < -0.4 is 10.2 Å². The van der Waals surface area contributed by atoms with Crippen LogP contribution in [0.3, 0.4) is 0 Å². The largest absolute Gasteiger partial charge is 0.393 e. The van der Waals surface area contributed by atoms with Crippen molar-refractivity contribution in [3.05, 3.63) is 29.3 Å². The van der Waals surface area contributed by atoms with E-state index in [0.29, 0.717) is 12.0 Å². The molecule has 4 nitrogen and oxygen atoms in total. The molecule has 20 heavy (non-hydrogen) atoms. The SMILES string of the molecule is CCCNCc1ccc(N(C)CCC(C)O)c(C#N)c1. The molecule has 0 aromatic heterocycles. The Bertz CT molecular complexity index is 452. The van der Waals surface area contributed by atoms with E-state index >= 15 is 0 Å². The fraction of sp³-hybridized carbons (Fsp3) is 0.562. The smallest absolute Gasteiger partial charge is 0.101 e. The molecule has 1 aromatic rings. The molecule has 0 radical (unpaired) electrons. The van der Waals surface area contributed by atoms with Crippen molar-refractivity contribution in [1.82, 2.24) is 5.32 Å². The third kappa shape index (κ3) is 5.20. The van der Waals surface area contributed by atoms with E-state index in [1.807, 2.05) is 24.1 Å². The fourth-order valence-electron chi connectivity index (χ4n) is 2.03. The van der Waals surface area contributed by atoms with Gasteiger partial charge in [-0.05, 0) is 44.0 Å². The lowest BCUT2D eigenvalue weighted by Crippen LogP contribution is -2.23. The van der Waals surface area contributed by atoms with Crippen LogP contribution in [0.25, 0.3) is 0 Å². The van der Waals surface area contributed by atoms with E-state index in [9.17, 15) is 10.4 Å². The van der Waals surface area contributed by atoms with E-state index in [1.54, 1.807) is 6.92 Å². The predicted molar refractivity (Wildman–Crippen MR) is 82.7 cm³/mol. The van der Waals surface area contributed by atoms with Crippen molar-refractivity contribution in [3.8, 4) is 6.07 Å². The van der Waals surface area contributed by atoms with Crippen LogP contribution in [0.15, 0.2) is 18.2 Å². The second kappa shape index (κ2) is 8.57. The maximum absolute atomic E-state index is 9.34. The molecule has 2 N–H and O–H groups in total. The summed E-state index contributed by atoms with van der Waals surface area (Å²) in [6, 6.07) is 8.25. The summed E-state index contributed by atoms with van der Waals surface area (Å²) in [4.78, 5) is 2.02. The number of benzene rings is 1. The number of nitrogens with one attached hydrogen (secondary N) is 1. The number of aliphatic hydroxyl groups excluding tert-OH is 1. The second-order valence-electron chi connectivity index (χ2n) is 5.20. The number of hydrogen-bond donors (Lipinski definition) is 2. The summed E-state index contributed by atoms with van der Waals surface area (Å²) in [5, 5.41) is 22.0. The molecule has 0 aliphatic heterocycles. The van der Waals surface area contributed by atoms with E-state index in [2.05, 4.69) is 24.4 Å². The fourth-order valence-corrected chi connectivity index (χ4v) is 2.03. The first-order valence-corrected chi connectivity index (χ1v) is 7.21. The van der Waals surface area contributed by atoms with Gasteiger partial charge in [-0.15, -0.1) is 0 Å². The average Bonchev–Trinajstić information content (AvgIpc) is 2.44. The van der Waals surface area contributed by atoms with Crippen LogP contribution in [0.4, 0.5) is 5.69 Å². The van der Waals surface area contributed by atoms with Crippen molar-refractivity contribution in [1.29, 1.82) is 5.26 Å². The quantitative estimate of drug-likeness (QED) is 0.715. The monoisotopic (exact) mass is 275 g/mol. The molecule has 110 valence electrons. The van der Waals surface area contributed by atoms with Gasteiger partial charge in [-0.25, -0.2) is 0 Å². The molecule has 1 atom stereocenters. The van der Waals surface area contributed by atoms with E-state index in [-0.39, 0.29) is 6.10 Å². The van der Waals surface area contributed by atoms with Crippen LogP contribution >= 0.6 is 0 Å². The van der Waals surface area contributed by atoms with E-state index in [0.717, 1.165) is 37.3 Å². The summed E-state index contributed by atoms with van der Waals surface area (Å²) < 4.78 is 0. The Morgan fingerprint density at radius 2 is 2.20 bits per heavy atom. The van der Waals surface area contributed by atoms with E-state index in [1.165, 1.54) is 0 Å². The van der Waals surface area contributed by atoms with Gasteiger partial charge in [0, 0.05) is 20.1 Å². The molecule has 0 aliphatic carbocycles. The molecular formula is C16H25N3O. The van der Waals surface area contributed by atoms with Gasteiger partial charge >= 0.3 is 0 Å². The number of nitrogens with zero attached hydrogens (tertiary/aromatic N) is 2. The van der Waals surface area contributed by atoms with Gasteiger partial charge < -0.3 is 15.3 Å². The van der Waals surface area contributed by atoms with Gasteiger partial charge in [-0.3, -0.25) is 0 Å². The topological polar surface area (TPSA) is 59.3 Å². The van der Waals surface area contributed by atoms with Gasteiger partial charge in [0.25, 0.3) is 0 Å². The maximum atomic E-state index is 9.34. The highest BCUT2D eigenvalue weighted by Gasteiger charge is 2.09. The maximum Gasteiger partial charge on any atom is 0.101 e. The highest BCUT2D eigenvalue weighted by Crippen LogP contribution is 2.21. The zero-order valence-electron chi connectivity index (χ0n) is 12.7. The van der Waals surface area contributed by atoms with Gasteiger partial charge in [-0.1, -0.05) is 13.0 Å². The number of rotatable bonds is 8. The first-order valence-electron chi connectivity index (χ1n) is 7.21. The third-order valence-electron chi connectivity index (χ3n) is 3.23. The molecule has 4 heteroatoms.